The highest BCUT2D eigenvalue weighted by atomic mass is 79.9. The van der Waals surface area contributed by atoms with Gasteiger partial charge in [0, 0.05) is 11.9 Å². The van der Waals surface area contributed by atoms with E-state index in [9.17, 15) is 0 Å². The fourth-order valence-electron chi connectivity index (χ4n) is 2.49. The average molecular weight is 372 g/mol. The second kappa shape index (κ2) is 6.84. The Labute approximate surface area is 139 Å². The third kappa shape index (κ3) is 3.43. The van der Waals surface area contributed by atoms with Crippen LogP contribution in [0.5, 0.6) is 5.75 Å². The Balaban J connectivity index is 2.25. The SMILES string of the molecule is CCn1nc(C)c(Cl)c1COc1c(C)cc(CBr)cc1C. The molecule has 5 heteroatoms. The summed E-state index contributed by atoms with van der Waals surface area (Å²) in [6.45, 7) is 9.32. The van der Waals surface area contributed by atoms with Crippen molar-refractivity contribution in [2.24, 2.45) is 0 Å². The molecule has 3 nitrogen and oxygen atoms in total. The first-order valence-corrected chi connectivity index (χ1v) is 8.48. The molecule has 0 aliphatic carbocycles. The van der Waals surface area contributed by atoms with Gasteiger partial charge in [-0.25, -0.2) is 0 Å². The quantitative estimate of drug-likeness (QED) is 0.695. The fraction of sp³-hybridized carbons (Fsp3) is 0.438. The van der Waals surface area contributed by atoms with Gasteiger partial charge in [-0.3, -0.25) is 4.68 Å². The summed E-state index contributed by atoms with van der Waals surface area (Å²) in [5.41, 5.74) is 5.31. The van der Waals surface area contributed by atoms with Gasteiger partial charge in [-0.15, -0.1) is 0 Å². The summed E-state index contributed by atoms with van der Waals surface area (Å²) in [6.07, 6.45) is 0. The highest BCUT2D eigenvalue weighted by Crippen LogP contribution is 2.28. The predicted octanol–water partition coefficient (Wildman–Crippen LogP) is 4.96. The van der Waals surface area contributed by atoms with Gasteiger partial charge < -0.3 is 4.74 Å². The number of nitrogens with zero attached hydrogens (tertiary/aromatic N) is 2. The number of aryl methyl sites for hydroxylation is 4. The molecular weight excluding hydrogens is 352 g/mol. The van der Waals surface area contributed by atoms with Gasteiger partial charge in [0.2, 0.25) is 0 Å². The van der Waals surface area contributed by atoms with Crippen molar-refractivity contribution in [3.63, 3.8) is 0 Å². The molecule has 0 aliphatic rings. The first kappa shape index (κ1) is 16.4. The van der Waals surface area contributed by atoms with Crippen LogP contribution >= 0.6 is 27.5 Å². The number of benzene rings is 1. The minimum Gasteiger partial charge on any atom is -0.487 e. The first-order chi connectivity index (χ1) is 9.97. The molecule has 21 heavy (non-hydrogen) atoms. The van der Waals surface area contributed by atoms with E-state index in [2.05, 4.69) is 47.0 Å². The summed E-state index contributed by atoms with van der Waals surface area (Å²) < 4.78 is 7.93. The molecule has 2 aromatic rings. The normalized spacial score (nSPS) is 11.0. The second-order valence-corrected chi connectivity index (χ2v) is 6.08. The van der Waals surface area contributed by atoms with Crippen LogP contribution in [0.25, 0.3) is 0 Å². The lowest BCUT2D eigenvalue weighted by molar-refractivity contribution is 0.288. The lowest BCUT2D eigenvalue weighted by Gasteiger charge is -2.14. The van der Waals surface area contributed by atoms with Crippen LogP contribution in [0, 0.1) is 20.8 Å². The number of alkyl halides is 1. The molecule has 0 aliphatic heterocycles. The Morgan fingerprint density at radius 3 is 2.38 bits per heavy atom. The van der Waals surface area contributed by atoms with Gasteiger partial charge in [-0.1, -0.05) is 39.7 Å². The van der Waals surface area contributed by atoms with Crippen LogP contribution in [0.15, 0.2) is 12.1 Å². The lowest BCUT2D eigenvalue weighted by atomic mass is 10.1. The summed E-state index contributed by atoms with van der Waals surface area (Å²) in [4.78, 5) is 0. The van der Waals surface area contributed by atoms with Crippen LogP contribution in [0.4, 0.5) is 0 Å². The van der Waals surface area contributed by atoms with E-state index in [0.717, 1.165) is 40.1 Å². The average Bonchev–Trinajstić information content (AvgIpc) is 2.73. The highest BCUT2D eigenvalue weighted by molar-refractivity contribution is 9.08. The number of rotatable bonds is 5. The summed E-state index contributed by atoms with van der Waals surface area (Å²) in [6, 6.07) is 4.28. The van der Waals surface area contributed by atoms with Crippen LogP contribution in [-0.4, -0.2) is 9.78 Å². The monoisotopic (exact) mass is 370 g/mol. The van der Waals surface area contributed by atoms with Gasteiger partial charge in [0.05, 0.1) is 16.4 Å². The number of halogens is 2. The molecule has 0 N–H and O–H groups in total. The molecule has 114 valence electrons. The lowest BCUT2D eigenvalue weighted by Crippen LogP contribution is -2.07. The van der Waals surface area contributed by atoms with Gasteiger partial charge in [0.25, 0.3) is 0 Å². The van der Waals surface area contributed by atoms with Crippen molar-refractivity contribution in [1.82, 2.24) is 9.78 Å². The Kier molecular flexibility index (Phi) is 5.33. The molecule has 1 aromatic carbocycles. The minimum absolute atomic E-state index is 0.433. The maximum atomic E-state index is 6.32. The highest BCUT2D eigenvalue weighted by Gasteiger charge is 2.14. The molecule has 0 atom stereocenters. The second-order valence-electron chi connectivity index (χ2n) is 5.14. The molecule has 0 saturated carbocycles. The molecule has 0 radical (unpaired) electrons. The van der Waals surface area contributed by atoms with Crippen LogP contribution in [0.3, 0.4) is 0 Å². The number of hydrogen-bond donors (Lipinski definition) is 0. The van der Waals surface area contributed by atoms with Crippen molar-refractivity contribution >= 4 is 27.5 Å². The van der Waals surface area contributed by atoms with E-state index in [-0.39, 0.29) is 0 Å². The summed E-state index contributed by atoms with van der Waals surface area (Å²) >= 11 is 9.80. The van der Waals surface area contributed by atoms with Crippen molar-refractivity contribution in [2.75, 3.05) is 0 Å². The van der Waals surface area contributed by atoms with Crippen molar-refractivity contribution in [1.29, 1.82) is 0 Å². The summed E-state index contributed by atoms with van der Waals surface area (Å²) in [5.74, 6) is 0.928. The van der Waals surface area contributed by atoms with E-state index < -0.39 is 0 Å². The minimum atomic E-state index is 0.433. The zero-order valence-electron chi connectivity index (χ0n) is 12.8. The van der Waals surface area contributed by atoms with Crippen LogP contribution in [-0.2, 0) is 18.5 Å². The van der Waals surface area contributed by atoms with Gasteiger partial charge in [0.15, 0.2) is 0 Å². The van der Waals surface area contributed by atoms with Crippen molar-refractivity contribution in [3.05, 3.63) is 45.2 Å². The van der Waals surface area contributed by atoms with Crippen molar-refractivity contribution < 1.29 is 4.74 Å². The van der Waals surface area contributed by atoms with Crippen molar-refractivity contribution in [2.45, 2.75) is 46.2 Å². The van der Waals surface area contributed by atoms with E-state index in [1.165, 1.54) is 5.56 Å². The van der Waals surface area contributed by atoms with Crippen LogP contribution in [0.1, 0.15) is 35.0 Å². The van der Waals surface area contributed by atoms with Crippen molar-refractivity contribution in [3.8, 4) is 5.75 Å². The van der Waals surface area contributed by atoms with Gasteiger partial charge in [-0.05, 0) is 44.4 Å². The summed E-state index contributed by atoms with van der Waals surface area (Å²) in [7, 11) is 0. The van der Waals surface area contributed by atoms with Gasteiger partial charge >= 0.3 is 0 Å². The molecule has 0 amide bonds. The third-order valence-corrected chi connectivity index (χ3v) is 4.62. The van der Waals surface area contributed by atoms with E-state index in [4.69, 9.17) is 16.3 Å². The molecule has 0 spiro atoms. The zero-order chi connectivity index (χ0) is 15.6. The van der Waals surface area contributed by atoms with E-state index in [1.54, 1.807) is 0 Å². The molecule has 0 fully saturated rings. The maximum absolute atomic E-state index is 6.32. The Bertz CT molecular complexity index is 629. The van der Waals surface area contributed by atoms with E-state index in [1.807, 2.05) is 18.5 Å². The molecular formula is C16H20BrClN2O. The standard InChI is InChI=1S/C16H20BrClN2O/c1-5-20-14(15(18)12(4)19-20)9-21-16-10(2)6-13(8-17)7-11(16)3/h6-7H,5,8-9H2,1-4H3. The number of ether oxygens (including phenoxy) is 1. The molecule has 0 unspecified atom stereocenters. The first-order valence-electron chi connectivity index (χ1n) is 6.98. The number of hydrogen-bond acceptors (Lipinski definition) is 2. The Morgan fingerprint density at radius 2 is 1.86 bits per heavy atom. The molecule has 2 rings (SSSR count). The third-order valence-electron chi connectivity index (χ3n) is 3.48. The van der Waals surface area contributed by atoms with Crippen LogP contribution < -0.4 is 4.74 Å². The summed E-state index contributed by atoms with van der Waals surface area (Å²) in [5, 5.41) is 5.96. The molecule has 0 saturated heterocycles. The predicted molar refractivity (Wildman–Crippen MR) is 90.5 cm³/mol. The molecule has 0 bridgehead atoms. The zero-order valence-corrected chi connectivity index (χ0v) is 15.2. The van der Waals surface area contributed by atoms with Gasteiger partial charge in [0.1, 0.15) is 12.4 Å². The Hall–Kier alpha value is -1.000. The largest absolute Gasteiger partial charge is 0.487 e. The van der Waals surface area contributed by atoms with Crippen LogP contribution in [0.2, 0.25) is 5.02 Å². The fourth-order valence-corrected chi connectivity index (χ4v) is 3.01. The van der Waals surface area contributed by atoms with E-state index >= 15 is 0 Å². The number of aromatic nitrogens is 2. The topological polar surface area (TPSA) is 27.1 Å². The Morgan fingerprint density at radius 1 is 1.24 bits per heavy atom. The maximum Gasteiger partial charge on any atom is 0.131 e. The molecule has 1 heterocycles. The van der Waals surface area contributed by atoms with Gasteiger partial charge in [-0.2, -0.15) is 5.10 Å². The smallest absolute Gasteiger partial charge is 0.131 e. The molecule has 1 aromatic heterocycles. The van der Waals surface area contributed by atoms with E-state index in [0.29, 0.717) is 11.6 Å².